The molecule has 0 aromatic heterocycles. The van der Waals surface area contributed by atoms with Crippen molar-refractivity contribution >= 4 is 55.9 Å². The fraction of sp³-hybridized carbons (Fsp3) is 0.969. The van der Waals surface area contributed by atoms with Gasteiger partial charge in [0.15, 0.2) is 62.5 Å². The summed E-state index contributed by atoms with van der Waals surface area (Å²) in [6.45, 7) is 39.4. The van der Waals surface area contributed by atoms with Crippen LogP contribution in [0.3, 0.4) is 0 Å². The number of carbonyl (C=O) groups excluding carboxylic acids is 1. The summed E-state index contributed by atoms with van der Waals surface area (Å²) in [7, 11) is -13.0. The maximum absolute atomic E-state index is 12.0. The third-order valence-corrected chi connectivity index (χ3v) is 12.9. The van der Waals surface area contributed by atoms with Gasteiger partial charge in [-0.3, -0.25) is 4.79 Å². The third kappa shape index (κ3) is 16.8. The van der Waals surface area contributed by atoms with E-state index in [4.69, 9.17) is 45.5 Å². The fourth-order valence-corrected chi connectivity index (χ4v) is 12.3. The van der Waals surface area contributed by atoms with E-state index < -0.39 is 117 Å². The minimum atomic E-state index is -2.22. The van der Waals surface area contributed by atoms with Crippen LogP contribution in [0.2, 0.25) is 118 Å². The van der Waals surface area contributed by atoms with Crippen molar-refractivity contribution in [2.75, 3.05) is 13.2 Å². The molecule has 2 aliphatic heterocycles. The quantitative estimate of drug-likeness (QED) is 0.130. The molecule has 18 heteroatoms. The monoisotopic (exact) mass is 816 g/mol. The maximum Gasteiger partial charge on any atom is 0.302 e. The number of hydrogen-bond donors (Lipinski definition) is 1. The van der Waals surface area contributed by atoms with Crippen molar-refractivity contribution in [3.05, 3.63) is 0 Å². The Labute approximate surface area is 309 Å². The molecule has 0 aromatic carbocycles. The van der Waals surface area contributed by atoms with Crippen molar-refractivity contribution in [2.45, 2.75) is 186 Å². The van der Waals surface area contributed by atoms with Crippen LogP contribution in [-0.2, 0) is 50.3 Å². The van der Waals surface area contributed by atoms with Gasteiger partial charge < -0.3 is 50.6 Å². The molecule has 0 bridgehead atoms. The van der Waals surface area contributed by atoms with Gasteiger partial charge in [-0.2, -0.15) is 0 Å². The zero-order chi connectivity index (χ0) is 38.8. The standard InChI is InChI=1S/C32H72O12Si6/c1-22(33)35-20-24-26(40-46(5,6)7)28(42-48(11,12)13)30(44-50(17,18)19)32(38-24)36-21-23-25(39-45(2,3)4)27(41-47(8,9)10)29(31(34)37-23)43-49(14,15)16/h23-32,34H,20-21H2,1-19H3/t23-,24-,25-,26+,27+,28+,29-,30-,31?,32+/m1/s1. The van der Waals surface area contributed by atoms with E-state index in [0.29, 0.717) is 0 Å². The molecule has 296 valence electrons. The van der Waals surface area contributed by atoms with E-state index >= 15 is 0 Å². The lowest BCUT2D eigenvalue weighted by atomic mass is 9.98. The summed E-state index contributed by atoms with van der Waals surface area (Å²) in [6.07, 6.45) is -7.20. The SMILES string of the molecule is CC(=O)OC[C@H]1O[C@H](OC[C@H]2OC(O)[C@H](O[Si](C)(C)C)[C@@H](O[Si](C)(C)C)[C@@H]2O[Si](C)(C)C)[C@H](O[Si](C)(C)C)[C@@H](O[Si](C)(C)C)[C@H]1O[Si](C)(C)C. The zero-order valence-electron chi connectivity index (χ0n) is 34.6. The van der Waals surface area contributed by atoms with Crippen molar-refractivity contribution in [1.29, 1.82) is 0 Å². The molecule has 0 aliphatic carbocycles. The van der Waals surface area contributed by atoms with Crippen LogP contribution in [-0.4, -0.2) is 136 Å². The van der Waals surface area contributed by atoms with Gasteiger partial charge in [0.2, 0.25) is 0 Å². The molecule has 0 radical (unpaired) electrons. The lowest BCUT2D eigenvalue weighted by Gasteiger charge is -2.51. The average molecular weight is 817 g/mol. The number of rotatable bonds is 17. The lowest BCUT2D eigenvalue weighted by molar-refractivity contribution is -0.317. The highest BCUT2D eigenvalue weighted by atomic mass is 28.4. The van der Waals surface area contributed by atoms with E-state index in [1.54, 1.807) is 0 Å². The van der Waals surface area contributed by atoms with Crippen LogP contribution in [0.5, 0.6) is 0 Å². The minimum Gasteiger partial charge on any atom is -0.463 e. The maximum atomic E-state index is 12.0. The molecule has 1 unspecified atom stereocenters. The molecule has 2 saturated heterocycles. The number of carbonyl (C=O) groups is 1. The average Bonchev–Trinajstić information content (AvgIpc) is 2.84. The van der Waals surface area contributed by atoms with Crippen molar-refractivity contribution in [3.8, 4) is 0 Å². The summed E-state index contributed by atoms with van der Waals surface area (Å²) < 4.78 is 65.9. The summed E-state index contributed by atoms with van der Waals surface area (Å²) in [5.74, 6) is -0.416. The Morgan fingerprint density at radius 1 is 0.480 bits per heavy atom. The minimum absolute atomic E-state index is 0.00710. The van der Waals surface area contributed by atoms with Gasteiger partial charge in [-0.05, 0) is 118 Å². The first kappa shape index (κ1) is 46.5. The fourth-order valence-electron chi connectivity index (χ4n) is 5.82. The van der Waals surface area contributed by atoms with Crippen molar-refractivity contribution in [2.24, 2.45) is 0 Å². The van der Waals surface area contributed by atoms with E-state index in [1.165, 1.54) is 6.92 Å². The van der Waals surface area contributed by atoms with Gasteiger partial charge in [0.1, 0.15) is 55.4 Å². The second-order valence-electron chi connectivity index (χ2n) is 19.4. The largest absolute Gasteiger partial charge is 0.463 e. The summed E-state index contributed by atoms with van der Waals surface area (Å²) in [6, 6.07) is 0. The summed E-state index contributed by atoms with van der Waals surface area (Å²) >= 11 is 0. The Hall–Kier alpha value is 0.371. The zero-order valence-corrected chi connectivity index (χ0v) is 40.6. The van der Waals surface area contributed by atoms with Crippen LogP contribution < -0.4 is 0 Å². The number of aliphatic hydroxyl groups excluding tert-OH is 1. The van der Waals surface area contributed by atoms with E-state index in [-0.39, 0.29) is 13.2 Å². The van der Waals surface area contributed by atoms with Gasteiger partial charge in [-0.1, -0.05) is 0 Å². The van der Waals surface area contributed by atoms with Gasteiger partial charge in [0.05, 0.1) is 6.61 Å². The molecular weight excluding hydrogens is 745 g/mol. The Morgan fingerprint density at radius 2 is 0.800 bits per heavy atom. The highest BCUT2D eigenvalue weighted by molar-refractivity contribution is 6.71. The first-order valence-corrected chi connectivity index (χ1v) is 38.5. The summed E-state index contributed by atoms with van der Waals surface area (Å²) in [4.78, 5) is 12.0. The first-order valence-electron chi connectivity index (χ1n) is 18.0. The highest BCUT2D eigenvalue weighted by Crippen LogP contribution is 2.37. The number of hydrogen-bond acceptors (Lipinski definition) is 12. The molecule has 1 N–H and O–H groups in total. The van der Waals surface area contributed by atoms with Gasteiger partial charge >= 0.3 is 5.97 Å². The Morgan fingerprint density at radius 3 is 1.18 bits per heavy atom. The second-order valence-corrected chi connectivity index (χ2v) is 46.2. The molecule has 0 saturated carbocycles. The molecule has 10 atom stereocenters. The van der Waals surface area contributed by atoms with Gasteiger partial charge in [-0.15, -0.1) is 0 Å². The van der Waals surface area contributed by atoms with Crippen molar-refractivity contribution < 1.29 is 55.4 Å². The summed E-state index contributed by atoms with van der Waals surface area (Å²) in [5.41, 5.74) is 0. The molecule has 0 spiro atoms. The number of aliphatic hydroxyl groups is 1. The molecule has 2 fully saturated rings. The molecule has 2 aliphatic rings. The van der Waals surface area contributed by atoms with Crippen LogP contribution in [0.15, 0.2) is 0 Å². The Balaban J connectivity index is 2.62. The Kier molecular flexibility index (Phi) is 16.2. The highest BCUT2D eigenvalue weighted by Gasteiger charge is 2.55. The lowest BCUT2D eigenvalue weighted by Crippen LogP contribution is -2.67. The molecule has 50 heavy (non-hydrogen) atoms. The molecule has 0 aromatic rings. The van der Waals surface area contributed by atoms with Crippen LogP contribution in [0.1, 0.15) is 6.92 Å². The van der Waals surface area contributed by atoms with Gasteiger partial charge in [0, 0.05) is 6.92 Å². The first-order chi connectivity index (χ1) is 22.2. The van der Waals surface area contributed by atoms with Crippen LogP contribution in [0.25, 0.3) is 0 Å². The summed E-state index contributed by atoms with van der Waals surface area (Å²) in [5, 5.41) is 11.5. The smallest absolute Gasteiger partial charge is 0.302 e. The molecule has 2 rings (SSSR count). The van der Waals surface area contributed by atoms with Crippen LogP contribution in [0.4, 0.5) is 0 Å². The second kappa shape index (κ2) is 17.4. The van der Waals surface area contributed by atoms with Crippen molar-refractivity contribution in [3.63, 3.8) is 0 Å². The number of ether oxygens (including phenoxy) is 4. The van der Waals surface area contributed by atoms with Crippen molar-refractivity contribution in [1.82, 2.24) is 0 Å². The normalized spacial score (nSPS) is 32.2. The van der Waals surface area contributed by atoms with Crippen LogP contribution >= 0.6 is 0 Å². The van der Waals surface area contributed by atoms with E-state index in [9.17, 15) is 9.90 Å². The van der Waals surface area contributed by atoms with E-state index in [2.05, 4.69) is 118 Å². The van der Waals surface area contributed by atoms with Crippen LogP contribution in [0, 0.1) is 0 Å². The third-order valence-electron chi connectivity index (χ3n) is 7.01. The molecular formula is C32H72O12Si6. The van der Waals surface area contributed by atoms with Gasteiger partial charge in [0.25, 0.3) is 0 Å². The van der Waals surface area contributed by atoms with E-state index in [0.717, 1.165) is 0 Å². The molecule has 2 heterocycles. The number of esters is 1. The van der Waals surface area contributed by atoms with Gasteiger partial charge in [-0.25, -0.2) is 0 Å². The topological polar surface area (TPSA) is 130 Å². The Bertz CT molecular complexity index is 1080. The molecule has 0 amide bonds. The predicted molar refractivity (Wildman–Crippen MR) is 211 cm³/mol. The van der Waals surface area contributed by atoms with E-state index in [1.807, 2.05) is 0 Å². The predicted octanol–water partition coefficient (Wildman–Crippen LogP) is 6.33. The molecule has 12 nitrogen and oxygen atoms in total.